The number of nitrogens with zero attached hydrogens (tertiary/aromatic N) is 3. The molecule has 30 heavy (non-hydrogen) atoms. The van der Waals surface area contributed by atoms with Gasteiger partial charge in [0.05, 0.1) is 18.2 Å². The molecule has 0 saturated carbocycles. The fraction of sp³-hybridized carbons (Fsp3) is 0.182. The highest BCUT2D eigenvalue weighted by atomic mass is 32.1. The van der Waals surface area contributed by atoms with Gasteiger partial charge in [-0.15, -0.1) is 16.4 Å². The zero-order chi connectivity index (χ0) is 21.1. The molecule has 0 aliphatic heterocycles. The third-order valence-corrected chi connectivity index (χ3v) is 5.86. The highest BCUT2D eigenvalue weighted by Crippen LogP contribution is 2.30. The van der Waals surface area contributed by atoms with Crippen molar-refractivity contribution in [3.8, 4) is 16.2 Å². The summed E-state index contributed by atoms with van der Waals surface area (Å²) in [5.74, 6) is 0.191. The van der Waals surface area contributed by atoms with E-state index in [1.54, 1.807) is 18.2 Å². The zero-order valence-electron chi connectivity index (χ0n) is 16.5. The van der Waals surface area contributed by atoms with Crippen LogP contribution in [0.4, 0.5) is 5.69 Å². The summed E-state index contributed by atoms with van der Waals surface area (Å²) >= 11 is 1.40. The minimum absolute atomic E-state index is 0.333. The van der Waals surface area contributed by atoms with Crippen LogP contribution >= 0.6 is 11.3 Å². The van der Waals surface area contributed by atoms with E-state index in [2.05, 4.69) is 15.6 Å². The van der Waals surface area contributed by atoms with Gasteiger partial charge in [0, 0.05) is 4.88 Å². The maximum Gasteiger partial charge on any atom is 0.279 e. The van der Waals surface area contributed by atoms with E-state index in [-0.39, 0.29) is 11.5 Å². The van der Waals surface area contributed by atoms with Gasteiger partial charge in [-0.25, -0.2) is 0 Å². The number of fused-ring (bicyclic) bond motifs is 1. The summed E-state index contributed by atoms with van der Waals surface area (Å²) in [7, 11) is 1.53. The number of amides is 1. The number of ether oxygens (including phenoxy) is 1. The van der Waals surface area contributed by atoms with Crippen LogP contribution in [-0.2, 0) is 4.79 Å². The van der Waals surface area contributed by atoms with Crippen LogP contribution in [0.1, 0.15) is 19.4 Å². The molecule has 1 atom stereocenters. The van der Waals surface area contributed by atoms with Gasteiger partial charge in [-0.2, -0.15) is 4.68 Å². The average molecular weight is 420 g/mol. The first-order chi connectivity index (χ1) is 14.6. The van der Waals surface area contributed by atoms with Crippen LogP contribution < -0.4 is 15.6 Å². The van der Waals surface area contributed by atoms with E-state index >= 15 is 0 Å². The lowest BCUT2D eigenvalue weighted by Crippen LogP contribution is -2.35. The molecule has 0 spiro atoms. The molecular formula is C22H20N4O3S. The molecule has 0 fully saturated rings. The number of hydrogen-bond acceptors (Lipinski definition) is 6. The zero-order valence-corrected chi connectivity index (χ0v) is 17.3. The summed E-state index contributed by atoms with van der Waals surface area (Å²) in [5, 5.41) is 11.6. The summed E-state index contributed by atoms with van der Waals surface area (Å²) in [6.07, 6.45) is 0.386. The summed E-state index contributed by atoms with van der Waals surface area (Å²) in [6.45, 7) is 1.83. The quantitative estimate of drug-likeness (QED) is 0.507. The Balaban J connectivity index is 1.69. The van der Waals surface area contributed by atoms with E-state index in [4.69, 9.17) is 4.74 Å². The highest BCUT2D eigenvalue weighted by Gasteiger charge is 2.24. The smallest absolute Gasteiger partial charge is 0.279 e. The largest absolute Gasteiger partial charge is 0.495 e. The lowest BCUT2D eigenvalue weighted by atomic mass is 10.2. The third-order valence-electron chi connectivity index (χ3n) is 4.79. The highest BCUT2D eigenvalue weighted by molar-refractivity contribution is 7.21. The van der Waals surface area contributed by atoms with Crippen molar-refractivity contribution in [2.24, 2.45) is 0 Å². The van der Waals surface area contributed by atoms with E-state index in [1.807, 2.05) is 49.4 Å². The van der Waals surface area contributed by atoms with Crippen LogP contribution in [0.2, 0.25) is 0 Å². The summed E-state index contributed by atoms with van der Waals surface area (Å²) in [4.78, 5) is 27.5. The maximum atomic E-state index is 13.1. The predicted octanol–water partition coefficient (Wildman–Crippen LogP) is 4.12. The van der Waals surface area contributed by atoms with Gasteiger partial charge in [0.2, 0.25) is 5.91 Å². The number of thiophene rings is 1. The van der Waals surface area contributed by atoms with Gasteiger partial charge < -0.3 is 10.1 Å². The first-order valence-electron chi connectivity index (χ1n) is 9.50. The van der Waals surface area contributed by atoms with Crippen molar-refractivity contribution in [1.29, 1.82) is 0 Å². The van der Waals surface area contributed by atoms with Crippen molar-refractivity contribution in [3.05, 3.63) is 71.0 Å². The molecule has 2 heterocycles. The van der Waals surface area contributed by atoms with Crippen LogP contribution in [0.15, 0.2) is 65.5 Å². The van der Waals surface area contributed by atoms with E-state index in [0.717, 1.165) is 15.1 Å². The molecule has 1 unspecified atom stereocenters. The third kappa shape index (κ3) is 3.69. The first-order valence-corrected chi connectivity index (χ1v) is 10.3. The fourth-order valence-corrected chi connectivity index (χ4v) is 4.22. The summed E-state index contributed by atoms with van der Waals surface area (Å²) in [6, 6.07) is 17.9. The molecule has 4 rings (SSSR count). The molecule has 1 amide bonds. The number of nitrogens with one attached hydrogen (secondary N) is 1. The molecule has 4 aromatic rings. The number of aromatic nitrogens is 3. The topological polar surface area (TPSA) is 86.1 Å². The molecule has 0 aliphatic rings. The normalized spacial score (nSPS) is 11.9. The second-order valence-corrected chi connectivity index (χ2v) is 7.68. The number of rotatable bonds is 6. The molecular weight excluding hydrogens is 400 g/mol. The van der Waals surface area contributed by atoms with E-state index < -0.39 is 6.04 Å². The number of benzene rings is 2. The van der Waals surface area contributed by atoms with Gasteiger partial charge >= 0.3 is 0 Å². The van der Waals surface area contributed by atoms with Crippen molar-refractivity contribution in [1.82, 2.24) is 15.0 Å². The number of para-hydroxylation sites is 2. The van der Waals surface area contributed by atoms with Crippen molar-refractivity contribution < 1.29 is 9.53 Å². The lowest BCUT2D eigenvalue weighted by Gasteiger charge is -2.17. The van der Waals surface area contributed by atoms with E-state index in [9.17, 15) is 9.59 Å². The molecule has 1 N–H and O–H groups in total. The first kappa shape index (κ1) is 19.8. The van der Waals surface area contributed by atoms with E-state index in [0.29, 0.717) is 28.1 Å². The second kappa shape index (κ2) is 8.46. The molecule has 0 radical (unpaired) electrons. The molecule has 8 heteroatoms. The Labute approximate surface area is 176 Å². The number of anilines is 1. The Morgan fingerprint density at radius 3 is 2.63 bits per heavy atom. The molecule has 152 valence electrons. The number of methoxy groups -OCH3 is 1. The standard InChI is InChI=1S/C22H20N4O3S/c1-3-17(20(27)23-16-11-7-8-12-18(16)29-2)26-22(28)15-13-19(30-21(15)24-25-26)14-9-5-4-6-10-14/h4-13,17H,3H2,1-2H3,(H,23,27). The van der Waals surface area contributed by atoms with Gasteiger partial charge in [-0.1, -0.05) is 54.6 Å². The minimum Gasteiger partial charge on any atom is -0.495 e. The number of carbonyl (C=O) groups excluding carboxylic acids is 1. The Morgan fingerprint density at radius 2 is 1.90 bits per heavy atom. The summed E-state index contributed by atoms with van der Waals surface area (Å²) < 4.78 is 6.44. The Morgan fingerprint density at radius 1 is 1.17 bits per heavy atom. The Bertz CT molecular complexity index is 1250. The Hall–Kier alpha value is -3.52. The molecule has 0 bridgehead atoms. The van der Waals surface area contributed by atoms with Crippen LogP contribution in [-0.4, -0.2) is 28.0 Å². The molecule has 0 saturated heterocycles. The molecule has 2 aromatic carbocycles. The van der Waals surface area contributed by atoms with Crippen LogP contribution in [0, 0.1) is 0 Å². The number of carbonyl (C=O) groups is 1. The molecule has 2 aromatic heterocycles. The number of hydrogen-bond donors (Lipinski definition) is 1. The van der Waals surface area contributed by atoms with Crippen LogP contribution in [0.25, 0.3) is 20.7 Å². The van der Waals surface area contributed by atoms with Gasteiger partial charge in [0.25, 0.3) is 5.56 Å². The van der Waals surface area contributed by atoms with Gasteiger partial charge in [-0.3, -0.25) is 9.59 Å². The SMILES string of the molecule is CCC(C(=O)Nc1ccccc1OC)n1nnc2sc(-c3ccccc3)cc2c1=O. The lowest BCUT2D eigenvalue weighted by molar-refractivity contribution is -0.119. The van der Waals surface area contributed by atoms with Crippen LogP contribution in [0.5, 0.6) is 5.75 Å². The minimum atomic E-state index is -0.792. The summed E-state index contributed by atoms with van der Waals surface area (Å²) in [5.41, 5.74) is 1.21. The van der Waals surface area contributed by atoms with Crippen molar-refractivity contribution in [3.63, 3.8) is 0 Å². The van der Waals surface area contributed by atoms with E-state index in [1.165, 1.54) is 18.4 Å². The molecule has 7 nitrogen and oxygen atoms in total. The maximum absolute atomic E-state index is 13.1. The monoisotopic (exact) mass is 420 g/mol. The average Bonchev–Trinajstić information content (AvgIpc) is 3.22. The second-order valence-electron chi connectivity index (χ2n) is 6.65. The van der Waals surface area contributed by atoms with Gasteiger partial charge in [-0.05, 0) is 30.2 Å². The predicted molar refractivity (Wildman–Crippen MR) is 118 cm³/mol. The Kier molecular flexibility index (Phi) is 5.58. The molecule has 0 aliphatic carbocycles. The van der Waals surface area contributed by atoms with Gasteiger partial charge in [0.15, 0.2) is 4.83 Å². The van der Waals surface area contributed by atoms with Crippen molar-refractivity contribution >= 4 is 33.1 Å². The van der Waals surface area contributed by atoms with Crippen LogP contribution in [0.3, 0.4) is 0 Å². The fourth-order valence-electron chi connectivity index (χ4n) is 3.24. The van der Waals surface area contributed by atoms with Crippen molar-refractivity contribution in [2.45, 2.75) is 19.4 Å². The van der Waals surface area contributed by atoms with Crippen molar-refractivity contribution in [2.75, 3.05) is 12.4 Å². The van der Waals surface area contributed by atoms with Gasteiger partial charge in [0.1, 0.15) is 11.8 Å².